The quantitative estimate of drug-likeness (QED) is 0.766. The molecule has 6 heteroatoms. The standard InChI is InChI=1S/C10H14F3N3/c11-10(12,13)4-1-5-15-7-9-3-2-8(14)6-16-9/h2-3,6,15H,1,4-5,7,14H2. The van der Waals surface area contributed by atoms with E-state index in [-0.39, 0.29) is 6.42 Å². The third-order valence-electron chi connectivity index (χ3n) is 1.97. The lowest BCUT2D eigenvalue weighted by Crippen LogP contribution is -2.18. The summed E-state index contributed by atoms with van der Waals surface area (Å²) in [6.07, 6.45) is -3.22. The predicted octanol–water partition coefficient (Wildman–Crippen LogP) is 2.10. The fraction of sp³-hybridized carbons (Fsp3) is 0.500. The highest BCUT2D eigenvalue weighted by atomic mass is 19.4. The molecule has 90 valence electrons. The summed E-state index contributed by atoms with van der Waals surface area (Å²) in [5.41, 5.74) is 6.78. The Morgan fingerprint density at radius 2 is 2.06 bits per heavy atom. The highest BCUT2D eigenvalue weighted by Crippen LogP contribution is 2.20. The van der Waals surface area contributed by atoms with Crippen molar-refractivity contribution in [1.29, 1.82) is 0 Å². The summed E-state index contributed by atoms with van der Waals surface area (Å²) in [5.74, 6) is 0. The molecule has 0 atom stereocenters. The molecule has 1 heterocycles. The summed E-state index contributed by atoms with van der Waals surface area (Å²) in [7, 11) is 0. The van der Waals surface area contributed by atoms with Crippen molar-refractivity contribution >= 4 is 5.69 Å². The van der Waals surface area contributed by atoms with Crippen molar-refractivity contribution in [3.05, 3.63) is 24.0 Å². The summed E-state index contributed by atoms with van der Waals surface area (Å²) in [5, 5.41) is 2.89. The molecule has 0 fully saturated rings. The lowest BCUT2D eigenvalue weighted by Gasteiger charge is -2.07. The first-order chi connectivity index (χ1) is 7.47. The fourth-order valence-corrected chi connectivity index (χ4v) is 1.17. The van der Waals surface area contributed by atoms with E-state index in [4.69, 9.17) is 5.73 Å². The minimum Gasteiger partial charge on any atom is -0.397 e. The molecule has 1 rings (SSSR count). The van der Waals surface area contributed by atoms with Crippen molar-refractivity contribution in [2.75, 3.05) is 12.3 Å². The molecule has 0 aliphatic heterocycles. The number of anilines is 1. The van der Waals surface area contributed by atoms with E-state index in [1.165, 1.54) is 6.20 Å². The predicted molar refractivity (Wildman–Crippen MR) is 55.6 cm³/mol. The van der Waals surface area contributed by atoms with E-state index < -0.39 is 12.6 Å². The average molecular weight is 233 g/mol. The van der Waals surface area contributed by atoms with Crippen LogP contribution in [0.4, 0.5) is 18.9 Å². The van der Waals surface area contributed by atoms with Gasteiger partial charge in [0.05, 0.1) is 17.6 Å². The molecule has 0 amide bonds. The molecule has 0 unspecified atom stereocenters. The second kappa shape index (κ2) is 5.69. The summed E-state index contributed by atoms with van der Waals surface area (Å²) in [6.45, 7) is 0.781. The molecule has 0 aromatic carbocycles. The second-order valence-corrected chi connectivity index (χ2v) is 3.48. The number of alkyl halides is 3. The third kappa shape index (κ3) is 5.55. The van der Waals surface area contributed by atoms with Gasteiger partial charge in [-0.05, 0) is 25.1 Å². The van der Waals surface area contributed by atoms with Gasteiger partial charge in [-0.25, -0.2) is 0 Å². The molecule has 0 bridgehead atoms. The van der Waals surface area contributed by atoms with Gasteiger partial charge in [0.15, 0.2) is 0 Å². The topological polar surface area (TPSA) is 50.9 Å². The lowest BCUT2D eigenvalue weighted by molar-refractivity contribution is -0.135. The molecule has 3 N–H and O–H groups in total. The van der Waals surface area contributed by atoms with Crippen LogP contribution in [0.5, 0.6) is 0 Å². The Labute approximate surface area is 91.9 Å². The van der Waals surface area contributed by atoms with Crippen molar-refractivity contribution in [2.45, 2.75) is 25.6 Å². The summed E-state index contributed by atoms with van der Waals surface area (Å²) >= 11 is 0. The minimum atomic E-state index is -4.07. The minimum absolute atomic E-state index is 0.0818. The number of halogens is 3. The number of hydrogen-bond acceptors (Lipinski definition) is 3. The van der Waals surface area contributed by atoms with Gasteiger partial charge in [0.1, 0.15) is 0 Å². The first-order valence-corrected chi connectivity index (χ1v) is 4.95. The van der Waals surface area contributed by atoms with Crippen LogP contribution in [-0.4, -0.2) is 17.7 Å². The van der Waals surface area contributed by atoms with Crippen molar-refractivity contribution in [3.63, 3.8) is 0 Å². The highest BCUT2D eigenvalue weighted by Gasteiger charge is 2.25. The number of nitrogens with zero attached hydrogens (tertiary/aromatic N) is 1. The second-order valence-electron chi connectivity index (χ2n) is 3.48. The first-order valence-electron chi connectivity index (χ1n) is 4.95. The van der Waals surface area contributed by atoms with Crippen LogP contribution >= 0.6 is 0 Å². The molecule has 0 saturated heterocycles. The van der Waals surface area contributed by atoms with E-state index in [9.17, 15) is 13.2 Å². The lowest BCUT2D eigenvalue weighted by atomic mass is 10.3. The maximum atomic E-state index is 11.8. The zero-order valence-corrected chi connectivity index (χ0v) is 8.72. The summed E-state index contributed by atoms with van der Waals surface area (Å²) < 4.78 is 35.4. The van der Waals surface area contributed by atoms with Crippen molar-refractivity contribution < 1.29 is 13.2 Å². The van der Waals surface area contributed by atoms with Crippen LogP contribution in [0.3, 0.4) is 0 Å². The van der Waals surface area contributed by atoms with Crippen LogP contribution in [0.15, 0.2) is 18.3 Å². The van der Waals surface area contributed by atoms with Crippen LogP contribution < -0.4 is 11.1 Å². The molecule has 0 spiro atoms. The summed E-state index contributed by atoms with van der Waals surface area (Å²) in [6, 6.07) is 3.45. The largest absolute Gasteiger partial charge is 0.397 e. The Kier molecular flexibility index (Phi) is 4.54. The number of nitrogens with two attached hydrogens (primary N) is 1. The van der Waals surface area contributed by atoms with Gasteiger partial charge in [-0.2, -0.15) is 13.2 Å². The van der Waals surface area contributed by atoms with Gasteiger partial charge in [-0.1, -0.05) is 0 Å². The fourth-order valence-electron chi connectivity index (χ4n) is 1.17. The van der Waals surface area contributed by atoms with Crippen LogP contribution in [0.1, 0.15) is 18.5 Å². The number of nitrogen functional groups attached to an aromatic ring is 1. The van der Waals surface area contributed by atoms with E-state index in [1.807, 2.05) is 0 Å². The molecule has 0 saturated carbocycles. The monoisotopic (exact) mass is 233 g/mol. The Balaban J connectivity index is 2.14. The van der Waals surface area contributed by atoms with E-state index in [0.29, 0.717) is 18.8 Å². The maximum Gasteiger partial charge on any atom is 0.389 e. The molecular formula is C10H14F3N3. The molecule has 0 aliphatic rings. The number of hydrogen-bond donors (Lipinski definition) is 2. The Hall–Kier alpha value is -1.30. The first kappa shape index (κ1) is 12.8. The van der Waals surface area contributed by atoms with Gasteiger partial charge in [-0.15, -0.1) is 0 Å². The van der Waals surface area contributed by atoms with Crippen LogP contribution in [0.2, 0.25) is 0 Å². The van der Waals surface area contributed by atoms with E-state index in [0.717, 1.165) is 5.69 Å². The SMILES string of the molecule is Nc1ccc(CNCCCC(F)(F)F)nc1. The molecule has 1 aromatic rings. The van der Waals surface area contributed by atoms with Gasteiger partial charge >= 0.3 is 6.18 Å². The molecule has 1 aromatic heterocycles. The maximum absolute atomic E-state index is 11.8. The van der Waals surface area contributed by atoms with Crippen molar-refractivity contribution in [2.24, 2.45) is 0 Å². The van der Waals surface area contributed by atoms with Gasteiger partial charge < -0.3 is 11.1 Å². The van der Waals surface area contributed by atoms with E-state index in [1.54, 1.807) is 12.1 Å². The number of rotatable bonds is 5. The highest BCUT2D eigenvalue weighted by molar-refractivity contribution is 5.34. The van der Waals surface area contributed by atoms with E-state index >= 15 is 0 Å². The number of nitrogens with one attached hydrogen (secondary N) is 1. The molecule has 0 aliphatic carbocycles. The van der Waals surface area contributed by atoms with Gasteiger partial charge in [0.25, 0.3) is 0 Å². The smallest absolute Gasteiger partial charge is 0.389 e. The summed E-state index contributed by atoms with van der Waals surface area (Å²) in [4.78, 5) is 4.01. The van der Waals surface area contributed by atoms with Crippen LogP contribution in [0, 0.1) is 0 Å². The Morgan fingerprint density at radius 3 is 2.62 bits per heavy atom. The van der Waals surface area contributed by atoms with E-state index in [2.05, 4.69) is 10.3 Å². The molecule has 16 heavy (non-hydrogen) atoms. The van der Waals surface area contributed by atoms with Gasteiger partial charge in [0, 0.05) is 13.0 Å². The Morgan fingerprint density at radius 1 is 1.31 bits per heavy atom. The third-order valence-corrected chi connectivity index (χ3v) is 1.97. The van der Waals surface area contributed by atoms with Crippen LogP contribution in [-0.2, 0) is 6.54 Å². The molecular weight excluding hydrogens is 219 g/mol. The zero-order valence-electron chi connectivity index (χ0n) is 8.72. The van der Waals surface area contributed by atoms with Crippen molar-refractivity contribution in [3.8, 4) is 0 Å². The Bertz CT molecular complexity index is 308. The molecule has 3 nitrogen and oxygen atoms in total. The number of aromatic nitrogens is 1. The van der Waals surface area contributed by atoms with Gasteiger partial charge in [-0.3, -0.25) is 4.98 Å². The average Bonchev–Trinajstić information content (AvgIpc) is 2.19. The van der Waals surface area contributed by atoms with Crippen molar-refractivity contribution in [1.82, 2.24) is 10.3 Å². The van der Waals surface area contributed by atoms with Crippen LogP contribution in [0.25, 0.3) is 0 Å². The number of pyridine rings is 1. The zero-order chi connectivity index (χ0) is 12.0. The normalized spacial score (nSPS) is 11.7. The molecule has 0 radical (unpaired) electrons. The van der Waals surface area contributed by atoms with Gasteiger partial charge in [0.2, 0.25) is 0 Å².